The summed E-state index contributed by atoms with van der Waals surface area (Å²) >= 11 is 0. The van der Waals surface area contributed by atoms with Gasteiger partial charge in [0.15, 0.2) is 5.04 Å². The second kappa shape index (κ2) is 5.09. The average Bonchev–Trinajstić information content (AvgIpc) is 3.00. The maximum Gasteiger partial charge on any atom is 0.258 e. The van der Waals surface area contributed by atoms with Crippen LogP contribution in [0.5, 0.6) is 0 Å². The van der Waals surface area contributed by atoms with E-state index in [1.54, 1.807) is 18.3 Å². The minimum Gasteiger partial charge on any atom is -0.466 e. The van der Waals surface area contributed by atoms with Crippen LogP contribution in [0.1, 0.15) is 28.3 Å². The minimum absolute atomic E-state index is 0.0588. The fraction of sp³-hybridized carbons (Fsp3) is 0.286. The number of rotatable bonds is 3. The Kier molecular flexibility index (Phi) is 3.38. The maximum atomic E-state index is 12.4. The van der Waals surface area contributed by atoms with Crippen molar-refractivity contribution in [3.63, 3.8) is 0 Å². The largest absolute Gasteiger partial charge is 0.466 e. The lowest BCUT2D eigenvalue weighted by atomic mass is 10.2. The van der Waals surface area contributed by atoms with E-state index in [0.717, 1.165) is 11.3 Å². The standard InChI is InChI=1S/C14H15N3O3S/c1-9-6-11(10(2)20-9)7-17-21(18,19)14-12-4-3-5-15-13(12)8-16-14/h3-6,17H,7-8H2,1-2H3. The molecule has 7 heteroatoms. The van der Waals surface area contributed by atoms with Crippen LogP contribution in [-0.2, 0) is 23.1 Å². The number of nitrogens with one attached hydrogen (secondary N) is 1. The number of hydrogen-bond acceptors (Lipinski definition) is 5. The summed E-state index contributed by atoms with van der Waals surface area (Å²) in [5, 5.41) is 0.0588. The number of fused-ring (bicyclic) bond motifs is 1. The highest BCUT2D eigenvalue weighted by molar-refractivity contribution is 8.05. The normalized spacial score (nSPS) is 14.1. The van der Waals surface area contributed by atoms with Gasteiger partial charge in [0.05, 0.1) is 12.2 Å². The summed E-state index contributed by atoms with van der Waals surface area (Å²) < 4.78 is 32.7. The number of pyridine rings is 1. The third-order valence-electron chi connectivity index (χ3n) is 3.34. The molecule has 0 radical (unpaired) electrons. The Labute approximate surface area is 123 Å². The number of sulfonamides is 1. The van der Waals surface area contributed by atoms with Crippen molar-refractivity contribution in [2.45, 2.75) is 26.9 Å². The van der Waals surface area contributed by atoms with E-state index in [1.807, 2.05) is 19.9 Å². The number of aromatic nitrogens is 1. The van der Waals surface area contributed by atoms with Crippen LogP contribution < -0.4 is 4.72 Å². The second-order valence-electron chi connectivity index (χ2n) is 4.88. The van der Waals surface area contributed by atoms with Gasteiger partial charge in [-0.1, -0.05) is 0 Å². The van der Waals surface area contributed by atoms with Gasteiger partial charge in [0.25, 0.3) is 10.0 Å². The van der Waals surface area contributed by atoms with Crippen molar-refractivity contribution in [3.05, 3.63) is 52.7 Å². The van der Waals surface area contributed by atoms with E-state index in [0.29, 0.717) is 23.6 Å². The maximum absolute atomic E-state index is 12.4. The molecular weight excluding hydrogens is 290 g/mol. The monoisotopic (exact) mass is 305 g/mol. The van der Waals surface area contributed by atoms with Gasteiger partial charge < -0.3 is 4.42 Å². The number of hydrogen-bond donors (Lipinski definition) is 1. The Morgan fingerprint density at radius 2 is 2.19 bits per heavy atom. The van der Waals surface area contributed by atoms with Gasteiger partial charge in [-0.15, -0.1) is 0 Å². The van der Waals surface area contributed by atoms with Crippen molar-refractivity contribution in [2.75, 3.05) is 0 Å². The van der Waals surface area contributed by atoms with Gasteiger partial charge in [-0.3, -0.25) is 9.98 Å². The number of aliphatic imine (C=N–C) groups is 1. The molecule has 0 atom stereocenters. The van der Waals surface area contributed by atoms with Crippen molar-refractivity contribution in [2.24, 2.45) is 4.99 Å². The number of furan rings is 1. The zero-order chi connectivity index (χ0) is 15.0. The average molecular weight is 305 g/mol. The lowest BCUT2D eigenvalue weighted by Crippen LogP contribution is -2.30. The molecule has 0 spiro atoms. The SMILES string of the molecule is Cc1cc(CNS(=O)(=O)C2=NCc3ncccc32)c(C)o1. The molecule has 0 fully saturated rings. The third kappa shape index (κ3) is 2.62. The smallest absolute Gasteiger partial charge is 0.258 e. The molecule has 21 heavy (non-hydrogen) atoms. The second-order valence-corrected chi connectivity index (χ2v) is 6.56. The van der Waals surface area contributed by atoms with Gasteiger partial charge in [-0.25, -0.2) is 13.1 Å². The zero-order valence-corrected chi connectivity index (χ0v) is 12.6. The first-order valence-electron chi connectivity index (χ1n) is 6.51. The molecule has 1 aliphatic rings. The first-order chi connectivity index (χ1) is 9.97. The van der Waals surface area contributed by atoms with Crippen LogP contribution in [0.2, 0.25) is 0 Å². The van der Waals surface area contributed by atoms with Crippen molar-refractivity contribution < 1.29 is 12.8 Å². The van der Waals surface area contributed by atoms with Crippen LogP contribution in [0.4, 0.5) is 0 Å². The zero-order valence-electron chi connectivity index (χ0n) is 11.8. The topological polar surface area (TPSA) is 84.6 Å². The summed E-state index contributed by atoms with van der Waals surface area (Å²) in [5.74, 6) is 1.47. The molecule has 2 aromatic heterocycles. The molecule has 3 heterocycles. The predicted octanol–water partition coefficient (Wildman–Crippen LogP) is 1.67. The molecule has 2 aromatic rings. The Bertz CT molecular complexity index is 822. The summed E-state index contributed by atoms with van der Waals surface area (Å²) in [5.41, 5.74) is 2.08. The summed E-state index contributed by atoms with van der Waals surface area (Å²) in [6, 6.07) is 5.25. The molecule has 1 N–H and O–H groups in total. The van der Waals surface area contributed by atoms with Gasteiger partial charge >= 0.3 is 0 Å². The number of nitrogens with zero attached hydrogens (tertiary/aromatic N) is 2. The fourth-order valence-electron chi connectivity index (χ4n) is 2.32. The molecule has 1 aliphatic heterocycles. The first kappa shape index (κ1) is 14.0. The highest BCUT2D eigenvalue weighted by atomic mass is 32.2. The van der Waals surface area contributed by atoms with E-state index < -0.39 is 10.0 Å². The Morgan fingerprint density at radius 3 is 2.90 bits per heavy atom. The highest BCUT2D eigenvalue weighted by Crippen LogP contribution is 2.20. The summed E-state index contributed by atoms with van der Waals surface area (Å²) in [6.07, 6.45) is 1.63. The van der Waals surface area contributed by atoms with E-state index in [-0.39, 0.29) is 11.6 Å². The molecule has 0 unspecified atom stereocenters. The van der Waals surface area contributed by atoms with Crippen molar-refractivity contribution >= 4 is 15.1 Å². The molecular formula is C14H15N3O3S. The van der Waals surface area contributed by atoms with E-state index >= 15 is 0 Å². The van der Waals surface area contributed by atoms with E-state index in [2.05, 4.69) is 14.7 Å². The van der Waals surface area contributed by atoms with E-state index in [9.17, 15) is 8.42 Å². The molecule has 110 valence electrons. The minimum atomic E-state index is -3.66. The van der Waals surface area contributed by atoms with Crippen LogP contribution in [0.15, 0.2) is 33.8 Å². The molecule has 6 nitrogen and oxygen atoms in total. The lowest BCUT2D eigenvalue weighted by molar-refractivity contribution is 0.500. The fourth-order valence-corrected chi connectivity index (χ4v) is 3.51. The van der Waals surface area contributed by atoms with E-state index in [1.165, 1.54) is 0 Å². The highest BCUT2D eigenvalue weighted by Gasteiger charge is 2.28. The van der Waals surface area contributed by atoms with Crippen molar-refractivity contribution in [3.8, 4) is 0 Å². The van der Waals surface area contributed by atoms with Gasteiger partial charge in [-0.05, 0) is 32.0 Å². The van der Waals surface area contributed by atoms with Crippen LogP contribution in [0, 0.1) is 13.8 Å². The van der Waals surface area contributed by atoms with Gasteiger partial charge in [0, 0.05) is 23.9 Å². The first-order valence-corrected chi connectivity index (χ1v) is 8.00. The summed E-state index contributed by atoms with van der Waals surface area (Å²) in [4.78, 5) is 8.23. The molecule has 0 amide bonds. The number of aryl methyl sites for hydroxylation is 2. The quantitative estimate of drug-likeness (QED) is 0.935. The summed E-state index contributed by atoms with van der Waals surface area (Å²) in [6.45, 7) is 4.12. The molecule has 0 aromatic carbocycles. The Hall–Kier alpha value is -1.99. The van der Waals surface area contributed by atoms with E-state index in [4.69, 9.17) is 4.42 Å². The Morgan fingerprint density at radius 1 is 1.38 bits per heavy atom. The molecule has 0 saturated carbocycles. The van der Waals surface area contributed by atoms with Gasteiger partial charge in [0.1, 0.15) is 11.5 Å². The van der Waals surface area contributed by atoms with Crippen molar-refractivity contribution in [1.82, 2.24) is 9.71 Å². The van der Waals surface area contributed by atoms with Crippen LogP contribution in [0.3, 0.4) is 0 Å². The van der Waals surface area contributed by atoms with Crippen LogP contribution >= 0.6 is 0 Å². The molecule has 3 rings (SSSR count). The lowest BCUT2D eigenvalue weighted by Gasteiger charge is -2.06. The third-order valence-corrected chi connectivity index (χ3v) is 4.73. The predicted molar refractivity (Wildman–Crippen MR) is 78.4 cm³/mol. The van der Waals surface area contributed by atoms with Gasteiger partial charge in [0.2, 0.25) is 0 Å². The Balaban J connectivity index is 1.81. The summed E-state index contributed by atoms with van der Waals surface area (Å²) in [7, 11) is -3.66. The molecule has 0 bridgehead atoms. The van der Waals surface area contributed by atoms with Crippen molar-refractivity contribution in [1.29, 1.82) is 0 Å². The molecule has 0 saturated heterocycles. The van der Waals surface area contributed by atoms with Crippen LogP contribution in [-0.4, -0.2) is 18.4 Å². The van der Waals surface area contributed by atoms with Crippen LogP contribution in [0.25, 0.3) is 0 Å². The van der Waals surface area contributed by atoms with Gasteiger partial charge in [-0.2, -0.15) is 0 Å². The molecule has 0 aliphatic carbocycles.